The Morgan fingerprint density at radius 2 is 1.65 bits per heavy atom. The van der Waals surface area contributed by atoms with Gasteiger partial charge in [0.05, 0.1) is 0 Å². The topological polar surface area (TPSA) is 58.6 Å². The Balaban J connectivity index is 1.71. The first kappa shape index (κ1) is 22.1. The van der Waals surface area contributed by atoms with Gasteiger partial charge in [0.1, 0.15) is 11.8 Å². The fourth-order valence-corrected chi connectivity index (χ4v) is 4.99. The van der Waals surface area contributed by atoms with Crippen LogP contribution in [-0.2, 0) is 16.0 Å². The van der Waals surface area contributed by atoms with Crippen LogP contribution in [0.25, 0.3) is 22.4 Å². The van der Waals surface area contributed by atoms with Gasteiger partial charge in [-0.25, -0.2) is 0 Å². The van der Waals surface area contributed by atoms with Crippen LogP contribution in [0, 0.1) is 0 Å². The molecule has 2 N–H and O–H groups in total. The molecule has 0 aliphatic heterocycles. The molecular weight excluding hydrogens is 422 g/mol. The van der Waals surface area contributed by atoms with Crippen LogP contribution in [-0.4, -0.2) is 30.0 Å². The maximum Gasteiger partial charge on any atom is 0.321 e. The molecule has 0 heterocycles. The zero-order valence-corrected chi connectivity index (χ0v) is 19.1. The summed E-state index contributed by atoms with van der Waals surface area (Å²) in [7, 11) is 1.65. The standard InChI is InChI=1S/C30H27NO3/c1-34-30(31-27(29(32)33)20-21-10-3-2-4-11-21)19-18-23-13-6-8-16-25(23)28(30)26-17-9-14-22-12-5-7-15-24(22)26/h2-18,27,31H,19-20H2,1H3,(H,32,33). The van der Waals surface area contributed by atoms with Crippen molar-refractivity contribution in [2.24, 2.45) is 0 Å². The third kappa shape index (κ3) is 4.03. The number of hydrogen-bond acceptors (Lipinski definition) is 3. The first-order valence-corrected chi connectivity index (χ1v) is 11.5. The summed E-state index contributed by atoms with van der Waals surface area (Å²) in [6.07, 6.45) is 2.99. The number of benzene rings is 4. The van der Waals surface area contributed by atoms with E-state index in [4.69, 9.17) is 4.74 Å². The summed E-state index contributed by atoms with van der Waals surface area (Å²) in [6, 6.07) is 31.6. The van der Waals surface area contributed by atoms with Crippen molar-refractivity contribution < 1.29 is 14.6 Å². The Kier molecular flexibility index (Phi) is 6.01. The predicted molar refractivity (Wildman–Crippen MR) is 136 cm³/mol. The normalized spacial score (nSPS) is 18.2. The van der Waals surface area contributed by atoms with Crippen LogP contribution < -0.4 is 15.8 Å². The number of carbonyl (C=O) groups is 1. The Hall–Kier alpha value is -3.73. The first-order valence-electron chi connectivity index (χ1n) is 11.5. The van der Waals surface area contributed by atoms with E-state index < -0.39 is 17.7 Å². The van der Waals surface area contributed by atoms with Gasteiger partial charge in [-0.1, -0.05) is 103 Å². The smallest absolute Gasteiger partial charge is 0.321 e. The van der Waals surface area contributed by atoms with Crippen molar-refractivity contribution in [1.29, 1.82) is 0 Å². The lowest BCUT2D eigenvalue weighted by Crippen LogP contribution is -2.59. The third-order valence-electron chi connectivity index (χ3n) is 6.64. The van der Waals surface area contributed by atoms with E-state index in [1.807, 2.05) is 60.7 Å². The molecule has 170 valence electrons. The van der Waals surface area contributed by atoms with Crippen LogP contribution >= 0.6 is 0 Å². The fourth-order valence-electron chi connectivity index (χ4n) is 4.99. The van der Waals surface area contributed by atoms with Gasteiger partial charge in [-0.2, -0.15) is 0 Å². The van der Waals surface area contributed by atoms with Gasteiger partial charge in [0, 0.05) is 19.1 Å². The number of ether oxygens (including phenoxy) is 1. The van der Waals surface area contributed by atoms with Gasteiger partial charge < -0.3 is 9.84 Å². The number of fused-ring (bicyclic) bond motifs is 2. The number of carboxylic acid groups (broad SMARTS) is 1. The van der Waals surface area contributed by atoms with E-state index in [-0.39, 0.29) is 0 Å². The molecule has 0 fully saturated rings. The zero-order valence-electron chi connectivity index (χ0n) is 19.1. The number of aliphatic carboxylic acids is 1. The van der Waals surface area contributed by atoms with Gasteiger partial charge in [0.25, 0.3) is 0 Å². The van der Waals surface area contributed by atoms with Crippen molar-refractivity contribution in [2.45, 2.75) is 24.6 Å². The minimum Gasteiger partial charge on any atom is -0.480 e. The predicted octanol–water partition coefficient (Wildman–Crippen LogP) is 3.85. The highest BCUT2D eigenvalue weighted by molar-refractivity contribution is 5.96. The zero-order chi connectivity index (χ0) is 23.5. The molecule has 4 nitrogen and oxygen atoms in total. The van der Waals surface area contributed by atoms with Crippen molar-refractivity contribution >= 4 is 28.4 Å². The molecule has 1 aliphatic rings. The van der Waals surface area contributed by atoms with Crippen LogP contribution in [0.15, 0.2) is 97.1 Å². The largest absolute Gasteiger partial charge is 0.480 e. The van der Waals surface area contributed by atoms with Gasteiger partial charge in [0.2, 0.25) is 0 Å². The second-order valence-electron chi connectivity index (χ2n) is 8.65. The maximum absolute atomic E-state index is 12.4. The van der Waals surface area contributed by atoms with E-state index in [9.17, 15) is 9.90 Å². The van der Waals surface area contributed by atoms with E-state index in [0.717, 1.165) is 37.9 Å². The average molecular weight is 450 g/mol. The summed E-state index contributed by atoms with van der Waals surface area (Å²) in [5, 5.41) is 18.0. The average Bonchev–Trinajstić information content (AvgIpc) is 2.88. The first-order chi connectivity index (χ1) is 16.6. The highest BCUT2D eigenvalue weighted by Gasteiger charge is 2.40. The van der Waals surface area contributed by atoms with Crippen LogP contribution in [0.5, 0.6) is 0 Å². The SMILES string of the molecule is COC1(NC(Cc2ccccc2)C(=O)O)CC=c2ccccc2=C1c1cccc2ccccc12. The van der Waals surface area contributed by atoms with Crippen molar-refractivity contribution in [1.82, 2.24) is 5.32 Å². The molecule has 0 amide bonds. The van der Waals surface area contributed by atoms with Gasteiger partial charge in [-0.3, -0.25) is 10.1 Å². The molecule has 2 unspecified atom stereocenters. The number of carboxylic acids is 1. The summed E-state index contributed by atoms with van der Waals surface area (Å²) in [6.45, 7) is 0. The van der Waals surface area contributed by atoms with Gasteiger partial charge in [-0.05, 0) is 38.8 Å². The number of nitrogens with one attached hydrogen (secondary N) is 1. The van der Waals surface area contributed by atoms with Crippen LogP contribution in [0.2, 0.25) is 0 Å². The Labute approximate surface area is 198 Å². The minimum absolute atomic E-state index is 0.353. The summed E-state index contributed by atoms with van der Waals surface area (Å²) >= 11 is 0. The second kappa shape index (κ2) is 9.26. The van der Waals surface area contributed by atoms with E-state index in [1.54, 1.807) is 7.11 Å². The second-order valence-corrected chi connectivity index (χ2v) is 8.65. The van der Waals surface area contributed by atoms with Crippen LogP contribution in [0.3, 0.4) is 0 Å². The van der Waals surface area contributed by atoms with Crippen molar-refractivity contribution in [2.75, 3.05) is 7.11 Å². The lowest BCUT2D eigenvalue weighted by molar-refractivity contribution is -0.141. The Morgan fingerprint density at radius 3 is 2.44 bits per heavy atom. The number of rotatable bonds is 7. The van der Waals surface area contributed by atoms with E-state index >= 15 is 0 Å². The molecular formula is C30H27NO3. The molecule has 0 saturated carbocycles. The van der Waals surface area contributed by atoms with Crippen molar-refractivity contribution in [3.05, 3.63) is 119 Å². The van der Waals surface area contributed by atoms with E-state index in [2.05, 4.69) is 47.8 Å². The van der Waals surface area contributed by atoms with E-state index in [1.165, 1.54) is 0 Å². The van der Waals surface area contributed by atoms with Gasteiger partial charge >= 0.3 is 5.97 Å². The molecule has 0 radical (unpaired) electrons. The lowest BCUT2D eigenvalue weighted by atomic mass is 9.83. The molecule has 4 heteroatoms. The Bertz CT molecular complexity index is 1460. The third-order valence-corrected chi connectivity index (χ3v) is 6.64. The fraction of sp³-hybridized carbons (Fsp3) is 0.167. The number of methoxy groups -OCH3 is 1. The summed E-state index contributed by atoms with van der Waals surface area (Å²) in [5.74, 6) is -0.906. The highest BCUT2D eigenvalue weighted by Crippen LogP contribution is 2.35. The minimum atomic E-state index is -1.00. The monoisotopic (exact) mass is 449 g/mol. The van der Waals surface area contributed by atoms with E-state index in [0.29, 0.717) is 12.8 Å². The summed E-state index contributed by atoms with van der Waals surface area (Å²) in [5.41, 5.74) is 1.96. The highest BCUT2D eigenvalue weighted by atomic mass is 16.5. The lowest BCUT2D eigenvalue weighted by Gasteiger charge is -2.39. The van der Waals surface area contributed by atoms with Crippen molar-refractivity contribution in [3.63, 3.8) is 0 Å². The summed E-state index contributed by atoms with van der Waals surface area (Å²) in [4.78, 5) is 12.4. The molecule has 0 bridgehead atoms. The molecule has 1 aliphatic carbocycles. The van der Waals surface area contributed by atoms with Crippen LogP contribution in [0.4, 0.5) is 0 Å². The molecule has 0 saturated heterocycles. The quantitative estimate of drug-likeness (QED) is 0.421. The molecule has 0 aromatic heterocycles. The van der Waals surface area contributed by atoms with Crippen LogP contribution in [0.1, 0.15) is 17.5 Å². The van der Waals surface area contributed by atoms with Crippen molar-refractivity contribution in [3.8, 4) is 0 Å². The Morgan fingerprint density at radius 1 is 0.941 bits per heavy atom. The molecule has 2 atom stereocenters. The molecule has 4 aromatic carbocycles. The summed E-state index contributed by atoms with van der Waals surface area (Å²) < 4.78 is 6.23. The molecule has 4 aromatic rings. The molecule has 34 heavy (non-hydrogen) atoms. The van der Waals surface area contributed by atoms with Gasteiger partial charge in [0.15, 0.2) is 0 Å². The maximum atomic E-state index is 12.4. The number of hydrogen-bond donors (Lipinski definition) is 2. The molecule has 5 rings (SSSR count). The van der Waals surface area contributed by atoms with Gasteiger partial charge in [-0.15, -0.1) is 0 Å². The molecule has 0 spiro atoms.